The van der Waals surface area contributed by atoms with E-state index in [4.69, 9.17) is 0 Å². The molecule has 0 atom stereocenters. The van der Waals surface area contributed by atoms with E-state index in [1.165, 1.54) is 28.3 Å². The predicted octanol–water partition coefficient (Wildman–Crippen LogP) is 5.24. The lowest BCUT2D eigenvalue weighted by Crippen LogP contribution is -2.15. The van der Waals surface area contributed by atoms with Crippen LogP contribution in [-0.4, -0.2) is 17.0 Å². The summed E-state index contributed by atoms with van der Waals surface area (Å²) in [7, 11) is 0. The standard InChI is InChI=1S/C24H23NO3/c1-16-6-5-7-17(2)23(16)19-13-10-18(11-14-19)12-15-22(26)25-21-9-4-3-8-20(21)24(27)28/h3-11,13-14H,12,15H2,1-2H3,(H,25,26)(H,27,28). The van der Waals surface area contributed by atoms with Crippen LogP contribution in [0.4, 0.5) is 5.69 Å². The molecule has 4 heteroatoms. The van der Waals surface area contributed by atoms with Crippen LogP contribution in [0.15, 0.2) is 66.7 Å². The molecule has 0 heterocycles. The van der Waals surface area contributed by atoms with Crippen molar-refractivity contribution < 1.29 is 14.7 Å². The summed E-state index contributed by atoms with van der Waals surface area (Å²) in [6.07, 6.45) is 0.880. The van der Waals surface area contributed by atoms with Crippen LogP contribution < -0.4 is 5.32 Å². The Hall–Kier alpha value is -3.40. The minimum absolute atomic E-state index is 0.0915. The molecule has 28 heavy (non-hydrogen) atoms. The highest BCUT2D eigenvalue weighted by atomic mass is 16.4. The van der Waals surface area contributed by atoms with Gasteiger partial charge in [0.05, 0.1) is 11.3 Å². The van der Waals surface area contributed by atoms with Gasteiger partial charge in [0.1, 0.15) is 0 Å². The molecule has 4 nitrogen and oxygen atoms in total. The second kappa shape index (κ2) is 8.53. The number of hydrogen-bond acceptors (Lipinski definition) is 2. The summed E-state index contributed by atoms with van der Waals surface area (Å²) in [6.45, 7) is 4.21. The summed E-state index contributed by atoms with van der Waals surface area (Å²) in [5, 5.41) is 11.9. The average Bonchev–Trinajstić information content (AvgIpc) is 2.67. The lowest BCUT2D eigenvalue weighted by Gasteiger charge is -2.11. The molecule has 0 radical (unpaired) electrons. The lowest BCUT2D eigenvalue weighted by molar-refractivity contribution is -0.116. The second-order valence-corrected chi connectivity index (χ2v) is 6.86. The molecule has 0 saturated carbocycles. The van der Waals surface area contributed by atoms with Crippen molar-refractivity contribution in [3.63, 3.8) is 0 Å². The van der Waals surface area contributed by atoms with Crippen LogP contribution in [0.2, 0.25) is 0 Å². The van der Waals surface area contributed by atoms with Gasteiger partial charge in [-0.05, 0) is 60.2 Å². The third-order valence-corrected chi connectivity index (χ3v) is 4.80. The quantitative estimate of drug-likeness (QED) is 0.621. The fraction of sp³-hybridized carbons (Fsp3) is 0.167. The van der Waals surface area contributed by atoms with Crippen LogP contribution >= 0.6 is 0 Å². The fourth-order valence-corrected chi connectivity index (χ4v) is 3.36. The first-order chi connectivity index (χ1) is 13.5. The molecule has 0 unspecified atom stereocenters. The Kier molecular flexibility index (Phi) is 5.90. The molecule has 0 bridgehead atoms. The number of carboxylic acid groups (broad SMARTS) is 1. The molecule has 3 rings (SSSR count). The highest BCUT2D eigenvalue weighted by molar-refractivity contribution is 6.00. The number of carboxylic acids is 1. The Balaban J connectivity index is 1.64. The van der Waals surface area contributed by atoms with Gasteiger partial charge in [0.15, 0.2) is 0 Å². The molecule has 0 spiro atoms. The predicted molar refractivity (Wildman–Crippen MR) is 112 cm³/mol. The first kappa shape index (κ1) is 19.4. The topological polar surface area (TPSA) is 66.4 Å². The van der Waals surface area contributed by atoms with Crippen LogP contribution in [0.25, 0.3) is 11.1 Å². The molecule has 0 aliphatic heterocycles. The van der Waals surface area contributed by atoms with Crippen LogP contribution in [0.3, 0.4) is 0 Å². The number of carbonyl (C=O) groups is 2. The van der Waals surface area contributed by atoms with Gasteiger partial charge in [-0.15, -0.1) is 0 Å². The minimum atomic E-state index is -1.06. The van der Waals surface area contributed by atoms with E-state index in [1.807, 2.05) is 12.1 Å². The van der Waals surface area contributed by atoms with Crippen LogP contribution in [-0.2, 0) is 11.2 Å². The van der Waals surface area contributed by atoms with Gasteiger partial charge < -0.3 is 10.4 Å². The van der Waals surface area contributed by atoms with Gasteiger partial charge in [0.25, 0.3) is 0 Å². The molecular weight excluding hydrogens is 350 g/mol. The van der Waals surface area contributed by atoms with Crippen molar-refractivity contribution >= 4 is 17.6 Å². The SMILES string of the molecule is Cc1cccc(C)c1-c1ccc(CCC(=O)Nc2ccccc2C(=O)O)cc1. The van der Waals surface area contributed by atoms with E-state index in [9.17, 15) is 14.7 Å². The van der Waals surface area contributed by atoms with Crippen molar-refractivity contribution in [2.24, 2.45) is 0 Å². The highest BCUT2D eigenvalue weighted by Crippen LogP contribution is 2.27. The Bertz CT molecular complexity index is 986. The van der Waals surface area contributed by atoms with E-state index in [0.29, 0.717) is 12.1 Å². The summed E-state index contributed by atoms with van der Waals surface area (Å²) < 4.78 is 0. The number of aryl methyl sites for hydroxylation is 3. The van der Waals surface area contributed by atoms with Gasteiger partial charge >= 0.3 is 5.97 Å². The lowest BCUT2D eigenvalue weighted by atomic mass is 9.94. The molecular formula is C24H23NO3. The Morgan fingerprint density at radius 1 is 0.857 bits per heavy atom. The fourth-order valence-electron chi connectivity index (χ4n) is 3.36. The van der Waals surface area contributed by atoms with Gasteiger partial charge in [-0.1, -0.05) is 54.6 Å². The zero-order valence-electron chi connectivity index (χ0n) is 16.0. The van der Waals surface area contributed by atoms with E-state index in [1.54, 1.807) is 18.2 Å². The van der Waals surface area contributed by atoms with E-state index >= 15 is 0 Å². The van der Waals surface area contributed by atoms with Gasteiger partial charge in [-0.3, -0.25) is 4.79 Å². The van der Waals surface area contributed by atoms with Gasteiger partial charge in [0, 0.05) is 6.42 Å². The molecule has 3 aromatic carbocycles. The van der Waals surface area contributed by atoms with E-state index in [0.717, 1.165) is 5.56 Å². The molecule has 3 aromatic rings. The number of hydrogen-bond donors (Lipinski definition) is 2. The van der Waals surface area contributed by atoms with Crippen molar-refractivity contribution in [3.05, 3.63) is 89.0 Å². The zero-order valence-corrected chi connectivity index (χ0v) is 16.0. The molecule has 0 aromatic heterocycles. The molecule has 2 N–H and O–H groups in total. The first-order valence-electron chi connectivity index (χ1n) is 9.23. The maximum atomic E-state index is 12.2. The van der Waals surface area contributed by atoms with Crippen LogP contribution in [0.5, 0.6) is 0 Å². The number of rotatable bonds is 6. The smallest absolute Gasteiger partial charge is 0.337 e. The van der Waals surface area contributed by atoms with E-state index in [2.05, 4.69) is 49.5 Å². The molecule has 0 aliphatic carbocycles. The first-order valence-corrected chi connectivity index (χ1v) is 9.23. The second-order valence-electron chi connectivity index (χ2n) is 6.86. The van der Waals surface area contributed by atoms with Gasteiger partial charge in [0.2, 0.25) is 5.91 Å². The number of anilines is 1. The van der Waals surface area contributed by atoms with E-state index < -0.39 is 5.97 Å². The molecule has 1 amide bonds. The van der Waals surface area contributed by atoms with Crippen molar-refractivity contribution in [1.29, 1.82) is 0 Å². The number of benzene rings is 3. The highest BCUT2D eigenvalue weighted by Gasteiger charge is 2.12. The third-order valence-electron chi connectivity index (χ3n) is 4.80. The zero-order chi connectivity index (χ0) is 20.1. The molecule has 0 fully saturated rings. The number of carbonyl (C=O) groups excluding carboxylic acids is 1. The third kappa shape index (κ3) is 4.46. The largest absolute Gasteiger partial charge is 0.478 e. The maximum absolute atomic E-state index is 12.2. The summed E-state index contributed by atoms with van der Waals surface area (Å²) in [6, 6.07) is 20.9. The summed E-state index contributed by atoms with van der Waals surface area (Å²) >= 11 is 0. The van der Waals surface area contributed by atoms with Crippen LogP contribution in [0.1, 0.15) is 33.5 Å². The van der Waals surface area contributed by atoms with Crippen LogP contribution in [0, 0.1) is 13.8 Å². The van der Waals surface area contributed by atoms with Gasteiger partial charge in [-0.25, -0.2) is 4.79 Å². The van der Waals surface area contributed by atoms with Crippen molar-refractivity contribution in [1.82, 2.24) is 0 Å². The number of aromatic carboxylic acids is 1. The van der Waals surface area contributed by atoms with Gasteiger partial charge in [-0.2, -0.15) is 0 Å². The molecule has 142 valence electrons. The van der Waals surface area contributed by atoms with Crippen molar-refractivity contribution in [2.45, 2.75) is 26.7 Å². The van der Waals surface area contributed by atoms with Crippen molar-refractivity contribution in [3.8, 4) is 11.1 Å². The minimum Gasteiger partial charge on any atom is -0.478 e. The normalized spacial score (nSPS) is 10.5. The number of nitrogens with one attached hydrogen (secondary N) is 1. The number of para-hydroxylation sites is 1. The monoisotopic (exact) mass is 373 g/mol. The Labute approximate surface area is 164 Å². The summed E-state index contributed by atoms with van der Waals surface area (Å²) in [5.41, 5.74) is 6.38. The molecule has 0 saturated heterocycles. The number of amides is 1. The maximum Gasteiger partial charge on any atom is 0.337 e. The van der Waals surface area contributed by atoms with Crippen molar-refractivity contribution in [2.75, 3.05) is 5.32 Å². The molecule has 0 aliphatic rings. The average molecular weight is 373 g/mol. The Morgan fingerprint density at radius 2 is 1.50 bits per heavy atom. The summed E-state index contributed by atoms with van der Waals surface area (Å²) in [4.78, 5) is 23.5. The summed E-state index contributed by atoms with van der Waals surface area (Å²) in [5.74, 6) is -1.26. The Morgan fingerprint density at radius 3 is 2.14 bits per heavy atom. The van der Waals surface area contributed by atoms with E-state index in [-0.39, 0.29) is 17.9 Å².